The third-order valence-electron chi connectivity index (χ3n) is 7.42. The molecule has 1 aliphatic heterocycles. The van der Waals surface area contributed by atoms with E-state index in [0.29, 0.717) is 13.0 Å². The molecule has 0 radical (unpaired) electrons. The number of phenols is 2. The van der Waals surface area contributed by atoms with Crippen LogP contribution < -0.4 is 4.90 Å². The van der Waals surface area contributed by atoms with Gasteiger partial charge in [-0.1, -0.05) is 42.5 Å². The van der Waals surface area contributed by atoms with Gasteiger partial charge in [-0.25, -0.2) is 4.98 Å². The zero-order valence-electron chi connectivity index (χ0n) is 21.2. The first kappa shape index (κ1) is 24.1. The zero-order chi connectivity index (χ0) is 25.8. The van der Waals surface area contributed by atoms with Crippen molar-refractivity contribution in [2.24, 2.45) is 0 Å². The van der Waals surface area contributed by atoms with Crippen LogP contribution in [0, 0.1) is 34.6 Å². The van der Waals surface area contributed by atoms with Crippen molar-refractivity contribution in [1.29, 1.82) is 0 Å². The Morgan fingerprint density at radius 1 is 0.861 bits per heavy atom. The Kier molecular flexibility index (Phi) is 5.87. The zero-order valence-corrected chi connectivity index (χ0v) is 22.0. The van der Waals surface area contributed by atoms with Gasteiger partial charge in [-0.05, 0) is 74.1 Å². The number of amides is 1. The summed E-state index contributed by atoms with van der Waals surface area (Å²) < 4.78 is 0. The van der Waals surface area contributed by atoms with Gasteiger partial charge in [0.05, 0.1) is 11.2 Å². The maximum atomic E-state index is 14.7. The first-order chi connectivity index (χ1) is 17.2. The summed E-state index contributed by atoms with van der Waals surface area (Å²) in [6.45, 7) is 9.99. The van der Waals surface area contributed by atoms with Crippen LogP contribution in [0.15, 0.2) is 54.0 Å². The third-order valence-corrected chi connectivity index (χ3v) is 8.42. The number of phenolic OH excluding ortho intramolecular Hbond substituents is 2. The lowest BCUT2D eigenvalue weighted by Gasteiger charge is -2.32. The number of para-hydroxylation sites is 1. The first-order valence-corrected chi connectivity index (χ1v) is 13.0. The lowest BCUT2D eigenvalue weighted by Crippen LogP contribution is -2.43. The lowest BCUT2D eigenvalue weighted by atomic mass is 9.69. The third kappa shape index (κ3) is 3.51. The summed E-state index contributed by atoms with van der Waals surface area (Å²) in [7, 11) is 0. The number of benzene rings is 3. The number of carbonyl (C=O) groups excluding carboxylic acids is 1. The number of anilines is 1. The van der Waals surface area contributed by atoms with Gasteiger partial charge in [0.1, 0.15) is 16.9 Å². The monoisotopic (exact) mass is 498 g/mol. The molecule has 184 valence electrons. The summed E-state index contributed by atoms with van der Waals surface area (Å²) >= 11 is 1.61. The molecule has 0 saturated carbocycles. The van der Waals surface area contributed by atoms with Crippen molar-refractivity contribution >= 4 is 22.9 Å². The summed E-state index contributed by atoms with van der Waals surface area (Å²) in [5, 5.41) is 21.1. The predicted molar refractivity (Wildman–Crippen MR) is 144 cm³/mol. The van der Waals surface area contributed by atoms with Crippen LogP contribution in [0.4, 0.5) is 5.69 Å². The molecule has 0 spiro atoms. The standard InChI is InChI=1S/C30H30N2O3S/c1-17-12-22(13-18(2)27(17)33)30(23-14-19(3)28(34)20(4)15-23)24-8-6-7-9-25(24)32(29(30)35)11-10-26-21(5)31-16-36-26/h6-9,12-16,33-34H,10-11H2,1-5H3. The van der Waals surface area contributed by atoms with Gasteiger partial charge in [0.15, 0.2) is 0 Å². The highest BCUT2D eigenvalue weighted by atomic mass is 32.1. The van der Waals surface area contributed by atoms with Crippen LogP contribution in [0.5, 0.6) is 11.5 Å². The molecule has 0 atom stereocenters. The molecule has 6 heteroatoms. The fourth-order valence-electron chi connectivity index (χ4n) is 5.52. The van der Waals surface area contributed by atoms with Gasteiger partial charge in [-0.3, -0.25) is 4.79 Å². The quantitative estimate of drug-likeness (QED) is 0.353. The number of hydrogen-bond acceptors (Lipinski definition) is 5. The SMILES string of the molecule is Cc1cc(C2(c3cc(C)c(O)c(C)c3)C(=O)N(CCc3scnc3C)c3ccccc32)cc(C)c1O. The van der Waals surface area contributed by atoms with E-state index in [0.717, 1.165) is 50.3 Å². The van der Waals surface area contributed by atoms with Crippen molar-refractivity contribution in [3.05, 3.63) is 104 Å². The van der Waals surface area contributed by atoms with Crippen LogP contribution in [-0.2, 0) is 16.6 Å². The minimum atomic E-state index is -1.11. The van der Waals surface area contributed by atoms with E-state index in [2.05, 4.69) is 4.98 Å². The van der Waals surface area contributed by atoms with E-state index in [1.54, 1.807) is 11.3 Å². The molecule has 0 unspecified atom stereocenters. The minimum Gasteiger partial charge on any atom is -0.507 e. The van der Waals surface area contributed by atoms with E-state index in [9.17, 15) is 15.0 Å². The molecule has 0 saturated heterocycles. The summed E-state index contributed by atoms with van der Waals surface area (Å²) in [5.41, 5.74) is 8.05. The van der Waals surface area contributed by atoms with Crippen molar-refractivity contribution in [2.75, 3.05) is 11.4 Å². The van der Waals surface area contributed by atoms with E-state index in [-0.39, 0.29) is 17.4 Å². The Morgan fingerprint density at radius 3 is 1.89 bits per heavy atom. The molecule has 4 aromatic rings. The number of aromatic hydroxyl groups is 2. The molecule has 1 aliphatic rings. The molecule has 0 fully saturated rings. The molecule has 1 aromatic heterocycles. The van der Waals surface area contributed by atoms with E-state index in [1.165, 1.54) is 4.88 Å². The number of carbonyl (C=O) groups is 1. The molecule has 5 nitrogen and oxygen atoms in total. The van der Waals surface area contributed by atoms with E-state index < -0.39 is 5.41 Å². The topological polar surface area (TPSA) is 73.7 Å². The van der Waals surface area contributed by atoms with Crippen LogP contribution in [-0.4, -0.2) is 27.6 Å². The number of aromatic nitrogens is 1. The molecular formula is C30H30N2O3S. The maximum absolute atomic E-state index is 14.7. The predicted octanol–water partition coefficient (Wildman–Crippen LogP) is 6.02. The van der Waals surface area contributed by atoms with Gasteiger partial charge < -0.3 is 15.1 Å². The van der Waals surface area contributed by atoms with E-state index >= 15 is 0 Å². The van der Waals surface area contributed by atoms with Gasteiger partial charge in [-0.15, -0.1) is 11.3 Å². The molecule has 1 amide bonds. The molecule has 5 rings (SSSR count). The molecule has 0 aliphatic carbocycles. The normalized spacial score (nSPS) is 14.4. The second kappa shape index (κ2) is 8.79. The van der Waals surface area contributed by atoms with Crippen LogP contribution in [0.3, 0.4) is 0 Å². The number of thiazole rings is 1. The number of nitrogens with zero attached hydrogens (tertiary/aromatic N) is 2. The number of hydrogen-bond donors (Lipinski definition) is 2. The second-order valence-corrected chi connectivity index (χ2v) is 10.7. The minimum absolute atomic E-state index is 0.0279. The Labute approximate surface area is 215 Å². The van der Waals surface area contributed by atoms with Gasteiger partial charge >= 0.3 is 0 Å². The highest BCUT2D eigenvalue weighted by Crippen LogP contribution is 2.52. The van der Waals surface area contributed by atoms with Crippen LogP contribution in [0.25, 0.3) is 0 Å². The Balaban J connectivity index is 1.78. The molecular weight excluding hydrogens is 468 g/mol. The van der Waals surface area contributed by atoms with Gasteiger partial charge in [0.2, 0.25) is 5.91 Å². The van der Waals surface area contributed by atoms with Crippen molar-refractivity contribution < 1.29 is 15.0 Å². The molecule has 36 heavy (non-hydrogen) atoms. The second-order valence-electron chi connectivity index (χ2n) is 9.75. The highest BCUT2D eigenvalue weighted by molar-refractivity contribution is 7.09. The van der Waals surface area contributed by atoms with Crippen molar-refractivity contribution in [2.45, 2.75) is 46.5 Å². The number of aryl methyl sites for hydroxylation is 5. The van der Waals surface area contributed by atoms with Crippen molar-refractivity contribution in [1.82, 2.24) is 4.98 Å². The summed E-state index contributed by atoms with van der Waals surface area (Å²) in [5.74, 6) is 0.450. The highest BCUT2D eigenvalue weighted by Gasteiger charge is 2.53. The molecule has 0 bridgehead atoms. The average Bonchev–Trinajstić information content (AvgIpc) is 3.37. The fourth-order valence-corrected chi connectivity index (χ4v) is 6.29. The largest absolute Gasteiger partial charge is 0.507 e. The van der Waals surface area contributed by atoms with Gasteiger partial charge in [-0.2, -0.15) is 0 Å². The average molecular weight is 499 g/mol. The Morgan fingerprint density at radius 2 is 1.39 bits per heavy atom. The Bertz CT molecular complexity index is 1400. The van der Waals surface area contributed by atoms with Gasteiger partial charge in [0, 0.05) is 29.1 Å². The maximum Gasteiger partial charge on any atom is 0.246 e. The van der Waals surface area contributed by atoms with Gasteiger partial charge in [0.25, 0.3) is 0 Å². The van der Waals surface area contributed by atoms with Crippen LogP contribution in [0.2, 0.25) is 0 Å². The first-order valence-electron chi connectivity index (χ1n) is 12.1. The molecule has 3 aromatic carbocycles. The van der Waals surface area contributed by atoms with Crippen LogP contribution in [0.1, 0.15) is 49.5 Å². The fraction of sp³-hybridized carbons (Fsp3) is 0.267. The van der Waals surface area contributed by atoms with Crippen molar-refractivity contribution in [3.63, 3.8) is 0 Å². The van der Waals surface area contributed by atoms with Crippen molar-refractivity contribution in [3.8, 4) is 11.5 Å². The van der Waals surface area contributed by atoms with E-state index in [4.69, 9.17) is 0 Å². The Hall–Kier alpha value is -3.64. The summed E-state index contributed by atoms with van der Waals surface area (Å²) in [6.07, 6.45) is 0.716. The molecule has 2 heterocycles. The summed E-state index contributed by atoms with van der Waals surface area (Å²) in [4.78, 5) is 22.2. The lowest BCUT2D eigenvalue weighted by molar-refractivity contribution is -0.120. The molecule has 2 N–H and O–H groups in total. The summed E-state index contributed by atoms with van der Waals surface area (Å²) in [6, 6.07) is 15.7. The van der Waals surface area contributed by atoms with E-state index in [1.807, 2.05) is 93.6 Å². The number of fused-ring (bicyclic) bond motifs is 1. The smallest absolute Gasteiger partial charge is 0.246 e. The number of rotatable bonds is 5. The van der Waals surface area contributed by atoms with Crippen LogP contribution >= 0.6 is 11.3 Å².